The smallest absolute Gasteiger partial charge is 0.225 e. The molecule has 7 heteroatoms. The monoisotopic (exact) mass is 354 g/mol. The minimum atomic E-state index is 0.227. The summed E-state index contributed by atoms with van der Waals surface area (Å²) in [5, 5.41) is 14.1. The number of tetrazole rings is 1. The zero-order chi connectivity index (χ0) is 17.8. The number of nitrogens with zero attached hydrogens (tertiary/aromatic N) is 5. The molecule has 0 spiro atoms. The molecule has 0 radical (unpaired) electrons. The molecule has 0 unspecified atom stereocenters. The van der Waals surface area contributed by atoms with Crippen LogP contribution in [0.25, 0.3) is 11.4 Å². The van der Waals surface area contributed by atoms with E-state index in [9.17, 15) is 4.79 Å². The summed E-state index contributed by atoms with van der Waals surface area (Å²) >= 11 is 0. The second kappa shape index (κ2) is 7.95. The summed E-state index contributed by atoms with van der Waals surface area (Å²) in [6, 6.07) is 8.31. The highest BCUT2D eigenvalue weighted by Crippen LogP contribution is 2.23. The molecule has 7 nitrogen and oxygen atoms in total. The largest absolute Gasteiger partial charge is 0.342 e. The first-order chi connectivity index (χ1) is 12.8. The fraction of sp³-hybridized carbons (Fsp3) is 0.579. The number of amides is 1. The lowest BCUT2D eigenvalue weighted by Gasteiger charge is -2.35. The molecule has 1 amide bonds. The molecular weight excluding hydrogens is 328 g/mol. The number of likely N-dealkylation sites (tertiary alicyclic amines) is 2. The van der Waals surface area contributed by atoms with Crippen LogP contribution in [-0.4, -0.2) is 62.5 Å². The molecule has 4 rings (SSSR count). The van der Waals surface area contributed by atoms with Crippen molar-refractivity contribution in [1.82, 2.24) is 30.4 Å². The second-order valence-corrected chi connectivity index (χ2v) is 7.37. The van der Waals surface area contributed by atoms with Crippen LogP contribution in [0, 0.1) is 5.92 Å². The van der Waals surface area contributed by atoms with Crippen molar-refractivity contribution in [3.05, 3.63) is 29.8 Å². The highest BCUT2D eigenvalue weighted by atomic mass is 16.2. The third-order valence-electron chi connectivity index (χ3n) is 5.57. The van der Waals surface area contributed by atoms with E-state index in [1.165, 1.54) is 24.8 Å². The number of nitrogens with one attached hydrogen (secondary N) is 1. The Morgan fingerprint density at radius 3 is 2.42 bits per heavy atom. The van der Waals surface area contributed by atoms with Gasteiger partial charge in [-0.1, -0.05) is 24.3 Å². The average Bonchev–Trinajstić information content (AvgIpc) is 3.24. The molecule has 0 atom stereocenters. The lowest BCUT2D eigenvalue weighted by Crippen LogP contribution is -2.44. The molecule has 1 N–H and O–H groups in total. The standard InChI is InChI=1S/C19H26N6O/c26-19(25-10-2-1-3-11-25)17-8-12-24(13-9-17)14-15-4-6-16(7-5-15)18-20-22-23-21-18/h4-7,17H,1-3,8-14H2,(H,20,21,22,23). The van der Waals surface area contributed by atoms with E-state index in [2.05, 4.69) is 42.6 Å². The summed E-state index contributed by atoms with van der Waals surface area (Å²) in [7, 11) is 0. The van der Waals surface area contributed by atoms with E-state index < -0.39 is 0 Å². The number of carbonyl (C=O) groups is 1. The third-order valence-corrected chi connectivity index (χ3v) is 5.57. The van der Waals surface area contributed by atoms with Crippen molar-refractivity contribution in [2.75, 3.05) is 26.2 Å². The fourth-order valence-corrected chi connectivity index (χ4v) is 4.01. The van der Waals surface area contributed by atoms with Gasteiger partial charge in [0.2, 0.25) is 11.7 Å². The van der Waals surface area contributed by atoms with E-state index in [1.807, 2.05) is 12.1 Å². The molecule has 2 fully saturated rings. The minimum Gasteiger partial charge on any atom is -0.342 e. The van der Waals surface area contributed by atoms with Gasteiger partial charge in [0.25, 0.3) is 0 Å². The highest BCUT2D eigenvalue weighted by Gasteiger charge is 2.29. The second-order valence-electron chi connectivity index (χ2n) is 7.37. The number of aromatic nitrogens is 4. The number of hydrogen-bond donors (Lipinski definition) is 1. The van der Waals surface area contributed by atoms with Crippen LogP contribution < -0.4 is 0 Å². The molecule has 1 aromatic heterocycles. The zero-order valence-electron chi connectivity index (χ0n) is 15.1. The van der Waals surface area contributed by atoms with Gasteiger partial charge in [0, 0.05) is 31.1 Å². The van der Waals surface area contributed by atoms with Crippen molar-refractivity contribution in [3.8, 4) is 11.4 Å². The van der Waals surface area contributed by atoms with Gasteiger partial charge in [0.05, 0.1) is 0 Å². The number of benzene rings is 1. The maximum Gasteiger partial charge on any atom is 0.225 e. The van der Waals surface area contributed by atoms with E-state index in [4.69, 9.17) is 0 Å². The van der Waals surface area contributed by atoms with Crippen LogP contribution in [0.3, 0.4) is 0 Å². The van der Waals surface area contributed by atoms with Crippen LogP contribution in [0.15, 0.2) is 24.3 Å². The van der Waals surface area contributed by atoms with Crippen LogP contribution in [0.4, 0.5) is 0 Å². The number of carbonyl (C=O) groups excluding carboxylic acids is 1. The van der Waals surface area contributed by atoms with Gasteiger partial charge in [0.15, 0.2) is 0 Å². The van der Waals surface area contributed by atoms with Crippen LogP contribution >= 0.6 is 0 Å². The summed E-state index contributed by atoms with van der Waals surface area (Å²) in [4.78, 5) is 17.2. The molecule has 0 saturated carbocycles. The van der Waals surface area contributed by atoms with Crippen molar-refractivity contribution in [3.63, 3.8) is 0 Å². The summed E-state index contributed by atoms with van der Waals surface area (Å²) in [5.74, 6) is 1.24. The zero-order valence-corrected chi connectivity index (χ0v) is 15.1. The first kappa shape index (κ1) is 17.1. The number of piperidine rings is 2. The van der Waals surface area contributed by atoms with E-state index in [-0.39, 0.29) is 5.92 Å². The van der Waals surface area contributed by atoms with Crippen LogP contribution in [0.2, 0.25) is 0 Å². The Bertz CT molecular complexity index is 700. The first-order valence-corrected chi connectivity index (χ1v) is 9.63. The van der Waals surface area contributed by atoms with Gasteiger partial charge in [-0.3, -0.25) is 9.69 Å². The topological polar surface area (TPSA) is 78.0 Å². The Morgan fingerprint density at radius 2 is 1.77 bits per heavy atom. The SMILES string of the molecule is O=C(C1CCN(Cc2ccc(-c3nn[nH]n3)cc2)CC1)N1CCCCC1. The summed E-state index contributed by atoms with van der Waals surface area (Å²) < 4.78 is 0. The summed E-state index contributed by atoms with van der Waals surface area (Å²) in [6.07, 6.45) is 5.58. The maximum absolute atomic E-state index is 12.7. The van der Waals surface area contributed by atoms with Gasteiger partial charge in [-0.15, -0.1) is 10.2 Å². The minimum absolute atomic E-state index is 0.227. The first-order valence-electron chi connectivity index (χ1n) is 9.63. The van der Waals surface area contributed by atoms with Gasteiger partial charge in [-0.25, -0.2) is 0 Å². The molecule has 2 saturated heterocycles. The van der Waals surface area contributed by atoms with Crippen LogP contribution in [0.1, 0.15) is 37.7 Å². The van der Waals surface area contributed by atoms with Crippen molar-refractivity contribution in [1.29, 1.82) is 0 Å². The predicted octanol–water partition coefficient (Wildman–Crippen LogP) is 2.09. The van der Waals surface area contributed by atoms with E-state index in [0.29, 0.717) is 11.7 Å². The van der Waals surface area contributed by atoms with E-state index >= 15 is 0 Å². The highest BCUT2D eigenvalue weighted by molar-refractivity contribution is 5.79. The van der Waals surface area contributed by atoms with Crippen molar-refractivity contribution in [2.45, 2.75) is 38.6 Å². The number of rotatable bonds is 4. The van der Waals surface area contributed by atoms with Gasteiger partial charge >= 0.3 is 0 Å². The fourth-order valence-electron chi connectivity index (χ4n) is 4.01. The number of aromatic amines is 1. The summed E-state index contributed by atoms with van der Waals surface area (Å²) in [5.41, 5.74) is 2.24. The van der Waals surface area contributed by atoms with Gasteiger partial charge < -0.3 is 4.90 Å². The molecule has 1 aromatic carbocycles. The molecule has 2 aliphatic heterocycles. The van der Waals surface area contributed by atoms with Gasteiger partial charge in [-0.05, 0) is 56.0 Å². The number of H-pyrrole nitrogens is 1. The van der Waals surface area contributed by atoms with Gasteiger partial charge in [-0.2, -0.15) is 5.21 Å². The normalized spacial score (nSPS) is 19.6. The molecule has 26 heavy (non-hydrogen) atoms. The third kappa shape index (κ3) is 3.93. The molecular formula is C19H26N6O. The number of hydrogen-bond acceptors (Lipinski definition) is 5. The Morgan fingerprint density at radius 1 is 1.04 bits per heavy atom. The Kier molecular flexibility index (Phi) is 5.24. The maximum atomic E-state index is 12.7. The Hall–Kier alpha value is -2.28. The van der Waals surface area contributed by atoms with Gasteiger partial charge in [0.1, 0.15) is 0 Å². The molecule has 138 valence electrons. The Labute approximate surface area is 153 Å². The quantitative estimate of drug-likeness (QED) is 0.910. The molecule has 0 bridgehead atoms. The average molecular weight is 354 g/mol. The lowest BCUT2D eigenvalue weighted by atomic mass is 9.94. The summed E-state index contributed by atoms with van der Waals surface area (Å²) in [6.45, 7) is 4.85. The molecule has 3 heterocycles. The van der Waals surface area contributed by atoms with Crippen LogP contribution in [0.5, 0.6) is 0 Å². The Balaban J connectivity index is 1.27. The van der Waals surface area contributed by atoms with Crippen molar-refractivity contribution in [2.24, 2.45) is 5.92 Å². The van der Waals surface area contributed by atoms with Crippen molar-refractivity contribution < 1.29 is 4.79 Å². The van der Waals surface area contributed by atoms with Crippen molar-refractivity contribution >= 4 is 5.91 Å². The lowest BCUT2D eigenvalue weighted by molar-refractivity contribution is -0.138. The van der Waals surface area contributed by atoms with E-state index in [0.717, 1.165) is 51.1 Å². The predicted molar refractivity (Wildman–Crippen MR) is 98.0 cm³/mol. The molecule has 2 aliphatic rings. The van der Waals surface area contributed by atoms with Crippen LogP contribution in [-0.2, 0) is 11.3 Å². The molecule has 2 aromatic rings. The molecule has 0 aliphatic carbocycles. The van der Waals surface area contributed by atoms with E-state index in [1.54, 1.807) is 0 Å².